The third-order valence-electron chi connectivity index (χ3n) is 2.98. The zero-order valence-electron chi connectivity index (χ0n) is 9.52. The molecule has 2 heterocycles. The second-order valence-electron chi connectivity index (χ2n) is 4.29. The van der Waals surface area contributed by atoms with E-state index in [0.717, 1.165) is 45.2 Å². The normalized spacial score (nSPS) is 26.5. The first kappa shape index (κ1) is 11.7. The molecule has 5 nitrogen and oxygen atoms in total. The monoisotopic (exact) mass is 229 g/mol. The van der Waals surface area contributed by atoms with Crippen molar-refractivity contribution in [2.24, 2.45) is 0 Å². The van der Waals surface area contributed by atoms with Crippen LogP contribution in [0.2, 0.25) is 0 Å². The van der Waals surface area contributed by atoms with E-state index >= 15 is 0 Å². The Morgan fingerprint density at radius 1 is 1.12 bits per heavy atom. The highest BCUT2D eigenvalue weighted by atomic mass is 17.2. The average Bonchev–Trinajstić information content (AvgIpc) is 2.38. The van der Waals surface area contributed by atoms with E-state index in [1.165, 1.54) is 6.42 Å². The standard InChI is InChI=1S/C11H19NO4/c13-11(12-7-3-1-4-8-12)16-15-10-6-2-5-9-14-10/h10H,1-9H2. The molecule has 1 unspecified atom stereocenters. The molecule has 5 heteroatoms. The number of carbonyl (C=O) groups excluding carboxylic acids is 1. The second-order valence-corrected chi connectivity index (χ2v) is 4.29. The van der Waals surface area contributed by atoms with E-state index in [0.29, 0.717) is 6.61 Å². The lowest BCUT2D eigenvalue weighted by Gasteiger charge is -2.26. The topological polar surface area (TPSA) is 48.0 Å². The predicted octanol–water partition coefficient (Wildman–Crippen LogP) is 2.07. The van der Waals surface area contributed by atoms with E-state index in [1.807, 2.05) is 0 Å². The number of piperidine rings is 1. The molecule has 0 aromatic rings. The zero-order valence-corrected chi connectivity index (χ0v) is 9.52. The van der Waals surface area contributed by atoms with Crippen LogP contribution in [0, 0.1) is 0 Å². The van der Waals surface area contributed by atoms with Crippen molar-refractivity contribution in [2.75, 3.05) is 19.7 Å². The van der Waals surface area contributed by atoms with Crippen LogP contribution in [0.1, 0.15) is 38.5 Å². The maximum atomic E-state index is 11.6. The third kappa shape index (κ3) is 3.35. The van der Waals surface area contributed by atoms with Gasteiger partial charge in [-0.3, -0.25) is 4.89 Å². The molecular weight excluding hydrogens is 210 g/mol. The van der Waals surface area contributed by atoms with Gasteiger partial charge in [0.1, 0.15) is 0 Å². The first-order valence-corrected chi connectivity index (χ1v) is 6.10. The number of ether oxygens (including phenoxy) is 1. The molecule has 2 fully saturated rings. The maximum absolute atomic E-state index is 11.6. The van der Waals surface area contributed by atoms with Crippen molar-refractivity contribution in [3.63, 3.8) is 0 Å². The molecular formula is C11H19NO4. The molecule has 2 aliphatic rings. The van der Waals surface area contributed by atoms with Gasteiger partial charge in [0.15, 0.2) is 0 Å². The summed E-state index contributed by atoms with van der Waals surface area (Å²) in [5.74, 6) is 0. The summed E-state index contributed by atoms with van der Waals surface area (Å²) >= 11 is 0. The van der Waals surface area contributed by atoms with E-state index in [9.17, 15) is 4.79 Å². The minimum absolute atomic E-state index is 0.373. The number of rotatable bonds is 2. The molecule has 0 radical (unpaired) electrons. The molecule has 0 bridgehead atoms. The number of hydrogen-bond acceptors (Lipinski definition) is 4. The summed E-state index contributed by atoms with van der Waals surface area (Å²) < 4.78 is 5.30. The minimum Gasteiger partial charge on any atom is -0.349 e. The van der Waals surface area contributed by atoms with Crippen LogP contribution in [0.3, 0.4) is 0 Å². The van der Waals surface area contributed by atoms with Crippen molar-refractivity contribution in [3.05, 3.63) is 0 Å². The van der Waals surface area contributed by atoms with Crippen molar-refractivity contribution >= 4 is 6.09 Å². The Hall–Kier alpha value is -0.810. The Balaban J connectivity index is 1.65. The van der Waals surface area contributed by atoms with Gasteiger partial charge in [0.2, 0.25) is 6.29 Å². The molecule has 0 saturated carbocycles. The van der Waals surface area contributed by atoms with Crippen molar-refractivity contribution in [3.8, 4) is 0 Å². The number of hydrogen-bond donors (Lipinski definition) is 0. The fourth-order valence-corrected chi connectivity index (χ4v) is 2.01. The van der Waals surface area contributed by atoms with Gasteiger partial charge in [-0.25, -0.2) is 4.79 Å². The van der Waals surface area contributed by atoms with Crippen molar-refractivity contribution in [2.45, 2.75) is 44.8 Å². The third-order valence-corrected chi connectivity index (χ3v) is 2.98. The van der Waals surface area contributed by atoms with E-state index in [2.05, 4.69) is 0 Å². The van der Waals surface area contributed by atoms with Crippen LogP contribution in [0.5, 0.6) is 0 Å². The van der Waals surface area contributed by atoms with E-state index in [4.69, 9.17) is 14.5 Å². The van der Waals surface area contributed by atoms with E-state index in [-0.39, 0.29) is 12.4 Å². The molecule has 0 aromatic carbocycles. The summed E-state index contributed by atoms with van der Waals surface area (Å²) in [5.41, 5.74) is 0. The molecule has 1 amide bonds. The lowest BCUT2D eigenvalue weighted by Crippen LogP contribution is -2.37. The predicted molar refractivity (Wildman–Crippen MR) is 56.6 cm³/mol. The average molecular weight is 229 g/mol. The summed E-state index contributed by atoms with van der Waals surface area (Å²) in [7, 11) is 0. The highest BCUT2D eigenvalue weighted by molar-refractivity contribution is 5.66. The second kappa shape index (κ2) is 6.06. The van der Waals surface area contributed by atoms with Gasteiger partial charge in [-0.2, -0.15) is 4.89 Å². The first-order valence-electron chi connectivity index (χ1n) is 6.10. The van der Waals surface area contributed by atoms with Gasteiger partial charge in [0.05, 0.1) is 0 Å². The highest BCUT2D eigenvalue weighted by Gasteiger charge is 2.22. The Morgan fingerprint density at radius 3 is 2.62 bits per heavy atom. The largest absolute Gasteiger partial charge is 0.441 e. The molecule has 0 N–H and O–H groups in total. The van der Waals surface area contributed by atoms with Gasteiger partial charge in [-0.15, -0.1) is 0 Å². The molecule has 2 rings (SSSR count). The Morgan fingerprint density at radius 2 is 1.94 bits per heavy atom. The maximum Gasteiger partial charge on any atom is 0.441 e. The van der Waals surface area contributed by atoms with E-state index < -0.39 is 0 Å². The smallest absolute Gasteiger partial charge is 0.349 e. The summed E-state index contributed by atoms with van der Waals surface area (Å²) in [6, 6.07) is 0. The summed E-state index contributed by atoms with van der Waals surface area (Å²) in [5, 5.41) is 0. The fraction of sp³-hybridized carbons (Fsp3) is 0.909. The first-order chi connectivity index (χ1) is 7.86. The SMILES string of the molecule is O=C(OOC1CCCCO1)N1CCCCC1. The minimum atomic E-state index is -0.381. The molecule has 1 atom stereocenters. The van der Waals surface area contributed by atoms with Gasteiger partial charge in [0, 0.05) is 26.1 Å². The van der Waals surface area contributed by atoms with Gasteiger partial charge >= 0.3 is 6.09 Å². The van der Waals surface area contributed by atoms with Crippen LogP contribution in [-0.2, 0) is 14.5 Å². The van der Waals surface area contributed by atoms with Crippen LogP contribution in [-0.4, -0.2) is 37.0 Å². The fourth-order valence-electron chi connectivity index (χ4n) is 2.01. The van der Waals surface area contributed by atoms with Gasteiger partial charge < -0.3 is 9.64 Å². The van der Waals surface area contributed by atoms with Crippen molar-refractivity contribution < 1.29 is 19.3 Å². The number of amides is 1. The lowest BCUT2D eigenvalue weighted by molar-refractivity contribution is -0.349. The Kier molecular flexibility index (Phi) is 4.42. The Labute approximate surface area is 95.6 Å². The van der Waals surface area contributed by atoms with Crippen LogP contribution < -0.4 is 0 Å². The van der Waals surface area contributed by atoms with Gasteiger partial charge in [-0.05, 0) is 32.1 Å². The highest BCUT2D eigenvalue weighted by Crippen LogP contribution is 2.15. The summed E-state index contributed by atoms with van der Waals surface area (Å²) in [4.78, 5) is 23.0. The van der Waals surface area contributed by atoms with Crippen molar-refractivity contribution in [1.82, 2.24) is 4.90 Å². The molecule has 16 heavy (non-hydrogen) atoms. The van der Waals surface area contributed by atoms with Gasteiger partial charge in [0.25, 0.3) is 0 Å². The van der Waals surface area contributed by atoms with E-state index in [1.54, 1.807) is 4.90 Å². The number of likely N-dealkylation sites (tertiary alicyclic amines) is 1. The Bertz CT molecular complexity index is 222. The molecule has 0 aromatic heterocycles. The molecule has 0 spiro atoms. The van der Waals surface area contributed by atoms with Gasteiger partial charge in [-0.1, -0.05) is 0 Å². The number of nitrogens with zero attached hydrogens (tertiary/aromatic N) is 1. The number of carbonyl (C=O) groups is 1. The van der Waals surface area contributed by atoms with Crippen LogP contribution >= 0.6 is 0 Å². The quantitative estimate of drug-likeness (QED) is 0.537. The van der Waals surface area contributed by atoms with Crippen LogP contribution in [0.4, 0.5) is 4.79 Å². The zero-order chi connectivity index (χ0) is 11.2. The summed E-state index contributed by atoms with van der Waals surface area (Å²) in [6.45, 7) is 2.23. The molecule has 2 saturated heterocycles. The molecule has 0 aliphatic carbocycles. The van der Waals surface area contributed by atoms with Crippen LogP contribution in [0.25, 0.3) is 0 Å². The summed E-state index contributed by atoms with van der Waals surface area (Å²) in [6.07, 6.45) is 5.45. The molecule has 92 valence electrons. The molecule has 2 aliphatic heterocycles. The van der Waals surface area contributed by atoms with Crippen LogP contribution in [0.15, 0.2) is 0 Å². The lowest BCUT2D eigenvalue weighted by atomic mass is 10.1. The van der Waals surface area contributed by atoms with Crippen molar-refractivity contribution in [1.29, 1.82) is 0 Å².